The molecule has 0 atom stereocenters. The fourth-order valence-electron chi connectivity index (χ4n) is 0.118. The van der Waals surface area contributed by atoms with Crippen LogP contribution in [0.15, 0.2) is 0 Å². The Hall–Kier alpha value is -0.120. The Morgan fingerprint density at radius 2 is 2.17 bits per heavy atom. The molecule has 4 N–H and O–H groups in total. The number of hydrogen-bond donors (Lipinski definition) is 1. The largest absolute Gasteiger partial charge is 0.412 e. The molecule has 0 heterocycles. The van der Waals surface area contributed by atoms with Crippen molar-refractivity contribution in [2.45, 2.75) is 0 Å². The summed E-state index contributed by atoms with van der Waals surface area (Å²) in [6.45, 7) is 1.29. The highest BCUT2D eigenvalue weighted by Crippen LogP contribution is 1.53. The zero-order chi connectivity index (χ0) is 4.12. The van der Waals surface area contributed by atoms with E-state index in [-0.39, 0.29) is 5.48 Å². The first-order valence-corrected chi connectivity index (χ1v) is 1.61. The van der Waals surface area contributed by atoms with Crippen LogP contribution in [-0.2, 0) is 4.74 Å². The third-order valence-corrected chi connectivity index (χ3v) is 0.322. The summed E-state index contributed by atoms with van der Waals surface area (Å²) >= 11 is 0. The highest BCUT2D eigenvalue weighted by molar-refractivity contribution is 4.22. The summed E-state index contributed by atoms with van der Waals surface area (Å²) in [7, 11) is 1.63. The molecule has 0 aliphatic rings. The molecule has 0 fully saturated rings. The Balaban J connectivity index is 0. The maximum atomic E-state index is 5.01. The van der Waals surface area contributed by atoms with Gasteiger partial charge in [0.05, 0.1) is 6.61 Å². The number of rotatable bonds is 2. The first-order valence-electron chi connectivity index (χ1n) is 1.61. The van der Waals surface area contributed by atoms with Crippen LogP contribution >= 0.6 is 0 Å². The van der Waals surface area contributed by atoms with E-state index >= 15 is 0 Å². The predicted octanol–water partition coefficient (Wildman–Crippen LogP) is -1.23. The summed E-state index contributed by atoms with van der Waals surface area (Å²) in [6.07, 6.45) is 0. The molecular formula is C3H11NO2. The third kappa shape index (κ3) is 9.11. The number of nitrogens with two attached hydrogens (primary N) is 1. The van der Waals surface area contributed by atoms with Gasteiger partial charge in [-0.15, -0.1) is 0 Å². The maximum absolute atomic E-state index is 5.01. The molecule has 0 aliphatic carbocycles. The van der Waals surface area contributed by atoms with E-state index < -0.39 is 0 Å². The molecule has 0 aromatic carbocycles. The Bertz CT molecular complexity index is 16.3. The van der Waals surface area contributed by atoms with Gasteiger partial charge in [-0.05, 0) is 0 Å². The standard InChI is InChI=1S/C3H9NO.H2O/c1-5-3-2-4;/h2-4H2,1H3;1H2. The van der Waals surface area contributed by atoms with Crippen molar-refractivity contribution < 1.29 is 10.2 Å². The van der Waals surface area contributed by atoms with Crippen molar-refractivity contribution in [3.05, 3.63) is 0 Å². The lowest BCUT2D eigenvalue weighted by Crippen LogP contribution is -2.05. The highest BCUT2D eigenvalue weighted by Gasteiger charge is 1.65. The zero-order valence-corrected chi connectivity index (χ0v) is 3.90. The van der Waals surface area contributed by atoms with Crippen LogP contribution in [0, 0.1) is 0 Å². The van der Waals surface area contributed by atoms with Crippen LogP contribution in [0.4, 0.5) is 0 Å². The van der Waals surface area contributed by atoms with Gasteiger partial charge in [0.15, 0.2) is 0 Å². The average Bonchev–Trinajstić information content (AvgIpc) is 1.41. The summed E-state index contributed by atoms with van der Waals surface area (Å²) in [5.41, 5.74) is 5.01. The molecule has 0 amide bonds. The maximum Gasteiger partial charge on any atom is 0.0584 e. The monoisotopic (exact) mass is 93.1 g/mol. The normalized spacial score (nSPS) is 7.00. The van der Waals surface area contributed by atoms with E-state index in [1.54, 1.807) is 7.11 Å². The molecule has 0 saturated carbocycles. The van der Waals surface area contributed by atoms with Crippen molar-refractivity contribution in [2.24, 2.45) is 5.73 Å². The summed E-state index contributed by atoms with van der Waals surface area (Å²) in [4.78, 5) is 0. The summed E-state index contributed by atoms with van der Waals surface area (Å²) in [5, 5.41) is 0. The minimum atomic E-state index is 0. The van der Waals surface area contributed by atoms with Gasteiger partial charge < -0.3 is 15.9 Å². The summed E-state index contributed by atoms with van der Waals surface area (Å²) < 4.78 is 4.57. The highest BCUT2D eigenvalue weighted by atomic mass is 16.5. The first kappa shape index (κ1) is 9.30. The Morgan fingerprint density at radius 3 is 2.17 bits per heavy atom. The van der Waals surface area contributed by atoms with E-state index in [1.807, 2.05) is 0 Å². The summed E-state index contributed by atoms with van der Waals surface area (Å²) in [5.74, 6) is 0. The van der Waals surface area contributed by atoms with Crippen LogP contribution in [0.5, 0.6) is 0 Å². The summed E-state index contributed by atoms with van der Waals surface area (Å²) in [6, 6.07) is 0. The second-order valence-corrected chi connectivity index (χ2v) is 0.781. The van der Waals surface area contributed by atoms with E-state index in [2.05, 4.69) is 4.74 Å². The fraction of sp³-hybridized carbons (Fsp3) is 1.00. The minimum absolute atomic E-state index is 0. The molecule has 0 rings (SSSR count). The van der Waals surface area contributed by atoms with Gasteiger partial charge in [-0.25, -0.2) is 0 Å². The van der Waals surface area contributed by atoms with Crippen molar-refractivity contribution >= 4 is 0 Å². The van der Waals surface area contributed by atoms with Crippen LogP contribution in [0.25, 0.3) is 0 Å². The van der Waals surface area contributed by atoms with Gasteiger partial charge in [-0.2, -0.15) is 0 Å². The van der Waals surface area contributed by atoms with E-state index in [9.17, 15) is 0 Å². The van der Waals surface area contributed by atoms with Gasteiger partial charge in [-0.1, -0.05) is 0 Å². The molecule has 3 nitrogen and oxygen atoms in total. The molecule has 6 heavy (non-hydrogen) atoms. The van der Waals surface area contributed by atoms with Crippen molar-refractivity contribution in [3.8, 4) is 0 Å². The van der Waals surface area contributed by atoms with E-state index in [1.165, 1.54) is 0 Å². The van der Waals surface area contributed by atoms with Gasteiger partial charge in [0.25, 0.3) is 0 Å². The quantitative estimate of drug-likeness (QED) is 0.464. The Labute approximate surface area is 37.4 Å². The van der Waals surface area contributed by atoms with Crippen molar-refractivity contribution in [1.82, 2.24) is 0 Å². The topological polar surface area (TPSA) is 66.8 Å². The first-order chi connectivity index (χ1) is 2.41. The van der Waals surface area contributed by atoms with E-state index in [0.29, 0.717) is 13.2 Å². The molecule has 0 bridgehead atoms. The van der Waals surface area contributed by atoms with Crippen LogP contribution in [-0.4, -0.2) is 25.7 Å². The number of ether oxygens (including phenoxy) is 1. The van der Waals surface area contributed by atoms with Crippen LogP contribution in [0.2, 0.25) is 0 Å². The molecule has 0 spiro atoms. The molecule has 0 aromatic rings. The second-order valence-electron chi connectivity index (χ2n) is 0.781. The van der Waals surface area contributed by atoms with Crippen molar-refractivity contribution in [1.29, 1.82) is 0 Å². The molecule has 0 aliphatic heterocycles. The molecular weight excluding hydrogens is 82.0 g/mol. The number of hydrogen-bond acceptors (Lipinski definition) is 2. The smallest absolute Gasteiger partial charge is 0.0584 e. The van der Waals surface area contributed by atoms with Gasteiger partial charge in [-0.3, -0.25) is 0 Å². The fourth-order valence-corrected chi connectivity index (χ4v) is 0.118. The molecule has 40 valence electrons. The minimum Gasteiger partial charge on any atom is -0.412 e. The van der Waals surface area contributed by atoms with Gasteiger partial charge >= 0.3 is 0 Å². The lowest BCUT2D eigenvalue weighted by molar-refractivity contribution is 0.207. The van der Waals surface area contributed by atoms with Crippen molar-refractivity contribution in [2.75, 3.05) is 20.3 Å². The van der Waals surface area contributed by atoms with E-state index in [4.69, 9.17) is 5.73 Å². The van der Waals surface area contributed by atoms with Crippen molar-refractivity contribution in [3.63, 3.8) is 0 Å². The lowest BCUT2D eigenvalue weighted by atomic mass is 10.7. The van der Waals surface area contributed by atoms with Crippen LogP contribution in [0.1, 0.15) is 0 Å². The zero-order valence-electron chi connectivity index (χ0n) is 3.90. The molecule has 3 heteroatoms. The van der Waals surface area contributed by atoms with Gasteiger partial charge in [0.2, 0.25) is 0 Å². The van der Waals surface area contributed by atoms with Crippen LogP contribution < -0.4 is 5.73 Å². The number of methoxy groups -OCH3 is 1. The van der Waals surface area contributed by atoms with Gasteiger partial charge in [0.1, 0.15) is 0 Å². The van der Waals surface area contributed by atoms with Gasteiger partial charge in [0, 0.05) is 13.7 Å². The molecule has 0 unspecified atom stereocenters. The molecule has 0 aromatic heterocycles. The second kappa shape index (κ2) is 8.86. The van der Waals surface area contributed by atoms with Crippen LogP contribution in [0.3, 0.4) is 0 Å². The Morgan fingerprint density at radius 1 is 1.67 bits per heavy atom. The SMILES string of the molecule is COCCN.O. The third-order valence-electron chi connectivity index (χ3n) is 0.322. The molecule has 0 radical (unpaired) electrons. The Kier molecular flexibility index (Phi) is 13.7. The molecule has 0 saturated heterocycles. The predicted molar refractivity (Wildman–Crippen MR) is 24.5 cm³/mol. The lowest BCUT2D eigenvalue weighted by Gasteiger charge is -1.85. The average molecular weight is 93.1 g/mol. The van der Waals surface area contributed by atoms with E-state index in [0.717, 1.165) is 0 Å².